The van der Waals surface area contributed by atoms with Gasteiger partial charge in [0.1, 0.15) is 11.5 Å². The highest BCUT2D eigenvalue weighted by Crippen LogP contribution is 2.64. The molecule has 4 aliphatic rings. The number of likely N-dealkylation sites (N-methyl/N-ethyl adjacent to an activating group) is 1. The third kappa shape index (κ3) is 2.32. The first-order chi connectivity index (χ1) is 14.2. The van der Waals surface area contributed by atoms with Gasteiger partial charge < -0.3 is 29.7 Å². The average molecular weight is 415 g/mol. The lowest BCUT2D eigenvalue weighted by Gasteiger charge is -2.61. The van der Waals surface area contributed by atoms with E-state index in [4.69, 9.17) is 14.6 Å². The molecular formula is C22H25NO7. The number of rotatable bonds is 4. The van der Waals surface area contributed by atoms with Crippen molar-refractivity contribution in [3.8, 4) is 5.75 Å². The summed E-state index contributed by atoms with van der Waals surface area (Å²) >= 11 is 0. The van der Waals surface area contributed by atoms with Crippen LogP contribution < -0.4 is 4.74 Å². The van der Waals surface area contributed by atoms with Gasteiger partial charge in [0, 0.05) is 18.0 Å². The summed E-state index contributed by atoms with van der Waals surface area (Å²) < 4.78 is 11.9. The number of carbonyl (C=O) groups is 2. The number of esters is 1. The van der Waals surface area contributed by atoms with Gasteiger partial charge in [-0.2, -0.15) is 0 Å². The Kier molecular flexibility index (Phi) is 4.10. The minimum atomic E-state index is -1.82. The molecule has 30 heavy (non-hydrogen) atoms. The Hall–Kier alpha value is -2.42. The van der Waals surface area contributed by atoms with Crippen LogP contribution in [-0.4, -0.2) is 69.6 Å². The summed E-state index contributed by atoms with van der Waals surface area (Å²) in [4.78, 5) is 25.4. The van der Waals surface area contributed by atoms with E-state index >= 15 is 0 Å². The predicted octanol–water partition coefficient (Wildman–Crippen LogP) is 0.652. The van der Waals surface area contributed by atoms with Crippen molar-refractivity contribution in [3.05, 3.63) is 40.7 Å². The fourth-order valence-corrected chi connectivity index (χ4v) is 6.00. The van der Waals surface area contributed by atoms with Crippen molar-refractivity contribution in [1.82, 2.24) is 4.90 Å². The summed E-state index contributed by atoms with van der Waals surface area (Å²) in [5.41, 5.74) is 1.34. The largest absolute Gasteiger partial charge is 0.481 e. The van der Waals surface area contributed by atoms with Crippen molar-refractivity contribution in [2.45, 2.75) is 61.9 Å². The molecule has 0 amide bonds. The molecule has 160 valence electrons. The molecule has 3 N–H and O–H groups in total. The molecule has 2 aliphatic carbocycles. The number of benzene rings is 1. The Bertz CT molecular complexity index is 988. The Labute approximate surface area is 173 Å². The maximum absolute atomic E-state index is 12.3. The lowest BCUT2D eigenvalue weighted by molar-refractivity contribution is -0.170. The molecule has 0 saturated carbocycles. The van der Waals surface area contributed by atoms with Crippen molar-refractivity contribution in [2.75, 3.05) is 13.6 Å². The lowest BCUT2D eigenvalue weighted by Crippen LogP contribution is -2.74. The smallest absolute Gasteiger partial charge is 0.333 e. The molecule has 2 bridgehead atoms. The van der Waals surface area contributed by atoms with E-state index in [-0.39, 0.29) is 11.8 Å². The average Bonchev–Trinajstić information content (AvgIpc) is 3.04. The molecule has 8 nitrogen and oxygen atoms in total. The van der Waals surface area contributed by atoms with E-state index in [0.717, 1.165) is 35.4 Å². The molecule has 5 rings (SSSR count). The molecule has 2 aliphatic heterocycles. The highest BCUT2D eigenvalue weighted by molar-refractivity contribution is 5.81. The first-order valence-corrected chi connectivity index (χ1v) is 10.2. The van der Waals surface area contributed by atoms with Gasteiger partial charge in [0.25, 0.3) is 0 Å². The Morgan fingerprint density at radius 3 is 2.90 bits per heavy atom. The summed E-state index contributed by atoms with van der Waals surface area (Å²) in [5.74, 6) is -1.29. The van der Waals surface area contributed by atoms with E-state index in [9.17, 15) is 19.8 Å². The number of nitrogens with zero attached hydrogens (tertiary/aromatic N) is 1. The second-order valence-corrected chi connectivity index (χ2v) is 8.93. The standard InChI is InChI=1S/C22H25NO7/c1-11-3-4-12-9-15-22(28)6-5-14(29-16(25)10-13(24)20(26)27)19-21(22,7-8-23(15)2)17(12)18(11)30-19/h3-5,13,15,19,24,28H,6-10H2,1-2H3,(H,26,27)/t13-,15+,19-,21-,22+/m0/s1. The summed E-state index contributed by atoms with van der Waals surface area (Å²) in [7, 11) is 2.02. The first kappa shape index (κ1) is 19.5. The van der Waals surface area contributed by atoms with Crippen LogP contribution in [0.5, 0.6) is 5.75 Å². The quantitative estimate of drug-likeness (QED) is 0.614. The van der Waals surface area contributed by atoms with Gasteiger partial charge in [-0.1, -0.05) is 12.1 Å². The van der Waals surface area contributed by atoms with Crippen LogP contribution in [-0.2, 0) is 26.2 Å². The van der Waals surface area contributed by atoms with Crippen LogP contribution in [0.2, 0.25) is 0 Å². The van der Waals surface area contributed by atoms with Gasteiger partial charge >= 0.3 is 11.9 Å². The molecule has 0 radical (unpaired) electrons. The Morgan fingerprint density at radius 2 is 2.17 bits per heavy atom. The fourth-order valence-electron chi connectivity index (χ4n) is 6.00. The first-order valence-electron chi connectivity index (χ1n) is 10.2. The molecule has 8 heteroatoms. The van der Waals surface area contributed by atoms with Crippen molar-refractivity contribution in [1.29, 1.82) is 0 Å². The van der Waals surface area contributed by atoms with Crippen LogP contribution in [0.1, 0.15) is 36.0 Å². The monoisotopic (exact) mass is 415 g/mol. The normalized spacial score (nSPS) is 34.5. The minimum absolute atomic E-state index is 0.0826. The van der Waals surface area contributed by atoms with Crippen LogP contribution in [0, 0.1) is 6.92 Å². The fraction of sp³-hybridized carbons (Fsp3) is 0.545. The van der Waals surface area contributed by atoms with Gasteiger partial charge in [0.2, 0.25) is 0 Å². The Morgan fingerprint density at radius 1 is 1.40 bits per heavy atom. The molecule has 0 unspecified atom stereocenters. The van der Waals surface area contributed by atoms with Crippen molar-refractivity contribution < 1.29 is 34.4 Å². The topological polar surface area (TPSA) is 117 Å². The molecule has 1 fully saturated rings. The zero-order valence-electron chi connectivity index (χ0n) is 16.9. The maximum Gasteiger partial charge on any atom is 0.333 e. The third-order valence-corrected chi connectivity index (χ3v) is 7.45. The summed E-state index contributed by atoms with van der Waals surface area (Å²) in [6.45, 7) is 2.74. The van der Waals surface area contributed by atoms with Crippen LogP contribution in [0.25, 0.3) is 0 Å². The van der Waals surface area contributed by atoms with E-state index in [1.165, 1.54) is 0 Å². The van der Waals surface area contributed by atoms with Gasteiger partial charge in [-0.15, -0.1) is 0 Å². The van der Waals surface area contributed by atoms with E-state index in [0.29, 0.717) is 12.8 Å². The molecule has 0 aromatic heterocycles. The number of likely N-dealkylation sites (tertiary alicyclic amines) is 1. The number of aliphatic carboxylic acids is 1. The molecule has 1 aromatic rings. The molecule has 5 atom stereocenters. The minimum Gasteiger partial charge on any atom is -0.481 e. The van der Waals surface area contributed by atoms with E-state index in [2.05, 4.69) is 11.0 Å². The number of carboxylic acid groups (broad SMARTS) is 1. The lowest BCUT2D eigenvalue weighted by atomic mass is 9.50. The maximum atomic E-state index is 12.3. The molecule has 1 saturated heterocycles. The second kappa shape index (κ2) is 6.29. The number of aliphatic hydroxyl groups is 2. The molecule has 2 heterocycles. The number of aliphatic hydroxyl groups excluding tert-OH is 1. The zero-order valence-corrected chi connectivity index (χ0v) is 16.9. The molecular weight excluding hydrogens is 390 g/mol. The predicted molar refractivity (Wildman–Crippen MR) is 104 cm³/mol. The highest BCUT2D eigenvalue weighted by atomic mass is 16.6. The summed E-state index contributed by atoms with van der Waals surface area (Å²) in [5, 5.41) is 30.4. The van der Waals surface area contributed by atoms with Gasteiger partial charge in [0.05, 0.1) is 17.4 Å². The summed E-state index contributed by atoms with van der Waals surface area (Å²) in [6, 6.07) is 4.03. The molecule has 1 aromatic carbocycles. The number of hydrogen-bond donors (Lipinski definition) is 3. The van der Waals surface area contributed by atoms with Crippen LogP contribution in [0.3, 0.4) is 0 Å². The molecule has 1 spiro atoms. The SMILES string of the molecule is Cc1ccc2c3c1O[C@H]1C(OC(=O)C[C@H](O)C(=O)O)=CC[C@@]4(O)[C@@H](C2)N(C)CC[C@]314. The van der Waals surface area contributed by atoms with Gasteiger partial charge in [0.15, 0.2) is 12.2 Å². The van der Waals surface area contributed by atoms with Crippen LogP contribution in [0.4, 0.5) is 0 Å². The third-order valence-electron chi connectivity index (χ3n) is 7.45. The van der Waals surface area contributed by atoms with Crippen molar-refractivity contribution in [2.24, 2.45) is 0 Å². The van der Waals surface area contributed by atoms with Crippen LogP contribution >= 0.6 is 0 Å². The number of carboxylic acids is 1. The number of aryl methyl sites for hydroxylation is 1. The summed E-state index contributed by atoms with van der Waals surface area (Å²) in [6.07, 6.45) is 0.214. The zero-order chi connectivity index (χ0) is 21.4. The van der Waals surface area contributed by atoms with Gasteiger partial charge in [-0.3, -0.25) is 4.79 Å². The number of piperidine rings is 1. The van der Waals surface area contributed by atoms with E-state index in [1.807, 2.05) is 20.0 Å². The van der Waals surface area contributed by atoms with E-state index in [1.54, 1.807) is 6.08 Å². The van der Waals surface area contributed by atoms with Crippen LogP contribution in [0.15, 0.2) is 24.0 Å². The van der Waals surface area contributed by atoms with Gasteiger partial charge in [-0.05, 0) is 50.6 Å². The number of hydrogen-bond acceptors (Lipinski definition) is 7. The van der Waals surface area contributed by atoms with E-state index < -0.39 is 41.6 Å². The van der Waals surface area contributed by atoms with Gasteiger partial charge in [-0.25, -0.2) is 4.79 Å². The number of carbonyl (C=O) groups excluding carboxylic acids is 1. The second-order valence-electron chi connectivity index (χ2n) is 8.93. The van der Waals surface area contributed by atoms with Crippen molar-refractivity contribution in [3.63, 3.8) is 0 Å². The highest BCUT2D eigenvalue weighted by Gasteiger charge is 2.71. The van der Waals surface area contributed by atoms with Crippen molar-refractivity contribution >= 4 is 11.9 Å². The number of ether oxygens (including phenoxy) is 2. The Balaban J connectivity index is 1.58.